The largest absolute Gasteiger partial charge is 0.477 e. The molecule has 0 spiro atoms. The number of aromatic carboxylic acids is 1. The summed E-state index contributed by atoms with van der Waals surface area (Å²) in [5.41, 5.74) is 0. The summed E-state index contributed by atoms with van der Waals surface area (Å²) in [7, 11) is -3.93. The smallest absolute Gasteiger partial charge is 0.347 e. The van der Waals surface area contributed by atoms with Gasteiger partial charge >= 0.3 is 11.9 Å². The zero-order valence-corrected chi connectivity index (χ0v) is 11.7. The summed E-state index contributed by atoms with van der Waals surface area (Å²) in [5.74, 6) is -1.82. The molecular formula is C10H13NO6S2. The number of esters is 1. The van der Waals surface area contributed by atoms with Crippen LogP contribution in [0.2, 0.25) is 0 Å². The second-order valence-corrected chi connectivity index (χ2v) is 6.02. The van der Waals surface area contributed by atoms with E-state index in [0.717, 1.165) is 11.3 Å². The molecular weight excluding hydrogens is 294 g/mol. The number of hydrogen-bond acceptors (Lipinski definition) is 6. The van der Waals surface area contributed by atoms with E-state index in [1.807, 2.05) is 0 Å². The van der Waals surface area contributed by atoms with Gasteiger partial charge in [0.2, 0.25) is 10.0 Å². The van der Waals surface area contributed by atoms with E-state index >= 15 is 0 Å². The zero-order chi connectivity index (χ0) is 14.5. The molecule has 0 aliphatic rings. The summed E-state index contributed by atoms with van der Waals surface area (Å²) in [6.07, 6.45) is -0.111. The maximum absolute atomic E-state index is 11.8. The standard InChI is InChI=1S/C10H13NO6S2/c1-2-17-8(12)3-5-11-19(15,16)7-4-6-18-9(7)10(13)14/h4,6,11H,2-3,5H2,1H3,(H,13,14). The molecule has 0 saturated carbocycles. The Labute approximate surface area is 114 Å². The molecule has 7 nitrogen and oxygen atoms in total. The van der Waals surface area contributed by atoms with Crippen molar-refractivity contribution in [2.24, 2.45) is 0 Å². The fraction of sp³-hybridized carbons (Fsp3) is 0.400. The third-order valence-electron chi connectivity index (χ3n) is 2.04. The lowest BCUT2D eigenvalue weighted by molar-refractivity contribution is -0.142. The molecule has 106 valence electrons. The molecule has 0 radical (unpaired) electrons. The third kappa shape index (κ3) is 4.30. The summed E-state index contributed by atoms with van der Waals surface area (Å²) in [6.45, 7) is 1.72. The predicted octanol–water partition coefficient (Wildman–Crippen LogP) is 0.678. The van der Waals surface area contributed by atoms with Crippen molar-refractivity contribution in [1.82, 2.24) is 4.72 Å². The van der Waals surface area contributed by atoms with Crippen LogP contribution in [0.15, 0.2) is 16.3 Å². The molecule has 0 aliphatic carbocycles. The molecule has 1 aromatic rings. The van der Waals surface area contributed by atoms with Gasteiger partial charge < -0.3 is 9.84 Å². The quantitative estimate of drug-likeness (QED) is 0.717. The summed E-state index contributed by atoms with van der Waals surface area (Å²) >= 11 is 0.822. The van der Waals surface area contributed by atoms with Crippen LogP contribution in [0.4, 0.5) is 0 Å². The molecule has 0 atom stereocenters. The highest BCUT2D eigenvalue weighted by molar-refractivity contribution is 7.89. The van der Waals surface area contributed by atoms with Crippen molar-refractivity contribution in [1.29, 1.82) is 0 Å². The normalized spacial score (nSPS) is 11.2. The highest BCUT2D eigenvalue weighted by Crippen LogP contribution is 2.21. The van der Waals surface area contributed by atoms with E-state index in [1.165, 1.54) is 11.4 Å². The first-order valence-corrected chi connectivity index (χ1v) is 7.71. The van der Waals surface area contributed by atoms with Crippen LogP contribution in [0.25, 0.3) is 0 Å². The average molecular weight is 307 g/mol. The molecule has 9 heteroatoms. The van der Waals surface area contributed by atoms with Crippen molar-refractivity contribution < 1.29 is 27.9 Å². The summed E-state index contributed by atoms with van der Waals surface area (Å²) < 4.78 is 30.5. The molecule has 1 rings (SSSR count). The molecule has 0 amide bonds. The Bertz CT molecular complexity index is 562. The van der Waals surface area contributed by atoms with E-state index in [2.05, 4.69) is 9.46 Å². The van der Waals surface area contributed by atoms with Crippen molar-refractivity contribution in [3.63, 3.8) is 0 Å². The van der Waals surface area contributed by atoms with Crippen molar-refractivity contribution in [3.05, 3.63) is 16.3 Å². The van der Waals surface area contributed by atoms with E-state index in [1.54, 1.807) is 6.92 Å². The Morgan fingerprint density at radius 1 is 1.47 bits per heavy atom. The van der Waals surface area contributed by atoms with E-state index in [4.69, 9.17) is 5.11 Å². The summed E-state index contributed by atoms with van der Waals surface area (Å²) in [6, 6.07) is 1.21. The molecule has 0 aliphatic heterocycles. The SMILES string of the molecule is CCOC(=O)CCNS(=O)(=O)c1ccsc1C(=O)O. The minimum atomic E-state index is -3.93. The lowest BCUT2D eigenvalue weighted by Gasteiger charge is -2.06. The van der Waals surface area contributed by atoms with Gasteiger partial charge in [0, 0.05) is 6.54 Å². The minimum Gasteiger partial charge on any atom is -0.477 e. The number of carboxylic acids is 1. The van der Waals surface area contributed by atoms with E-state index in [0.29, 0.717) is 0 Å². The van der Waals surface area contributed by atoms with Crippen molar-refractivity contribution >= 4 is 33.3 Å². The first kappa shape index (κ1) is 15.6. The molecule has 19 heavy (non-hydrogen) atoms. The second-order valence-electron chi connectivity index (χ2n) is 3.37. The number of hydrogen-bond donors (Lipinski definition) is 2. The number of rotatable bonds is 7. The van der Waals surface area contributed by atoms with Crippen LogP contribution in [0, 0.1) is 0 Å². The number of carbonyl (C=O) groups excluding carboxylic acids is 1. The molecule has 0 bridgehead atoms. The molecule has 0 unspecified atom stereocenters. The van der Waals surface area contributed by atoms with E-state index in [9.17, 15) is 18.0 Å². The van der Waals surface area contributed by atoms with E-state index in [-0.39, 0.29) is 29.3 Å². The lowest BCUT2D eigenvalue weighted by Crippen LogP contribution is -2.27. The number of nitrogens with one attached hydrogen (secondary N) is 1. The number of sulfonamides is 1. The average Bonchev–Trinajstić information content (AvgIpc) is 2.78. The Kier molecular flexibility index (Phi) is 5.45. The van der Waals surface area contributed by atoms with Crippen molar-refractivity contribution in [2.75, 3.05) is 13.2 Å². The molecule has 0 fully saturated rings. The zero-order valence-electron chi connectivity index (χ0n) is 10.1. The van der Waals surface area contributed by atoms with Crippen LogP contribution >= 0.6 is 11.3 Å². The Morgan fingerprint density at radius 3 is 2.74 bits per heavy atom. The summed E-state index contributed by atoms with van der Waals surface area (Å²) in [4.78, 5) is 21.3. The Hall–Kier alpha value is -1.45. The molecule has 0 saturated heterocycles. The number of ether oxygens (including phenoxy) is 1. The minimum absolute atomic E-state index is 0.111. The first-order chi connectivity index (χ1) is 8.88. The number of carbonyl (C=O) groups is 2. The van der Waals surface area contributed by atoms with Crippen LogP contribution in [0.5, 0.6) is 0 Å². The predicted molar refractivity (Wildman–Crippen MR) is 67.7 cm³/mol. The second kappa shape index (κ2) is 6.64. The Morgan fingerprint density at radius 2 is 2.16 bits per heavy atom. The monoisotopic (exact) mass is 307 g/mol. The van der Waals surface area contributed by atoms with Gasteiger partial charge in [0.05, 0.1) is 13.0 Å². The van der Waals surface area contributed by atoms with Gasteiger partial charge in [-0.15, -0.1) is 11.3 Å². The van der Waals surface area contributed by atoms with Gasteiger partial charge in [-0.05, 0) is 18.4 Å². The van der Waals surface area contributed by atoms with Gasteiger partial charge in [0.15, 0.2) is 0 Å². The van der Waals surface area contributed by atoms with Gasteiger partial charge in [-0.1, -0.05) is 0 Å². The third-order valence-corrected chi connectivity index (χ3v) is 4.57. The highest BCUT2D eigenvalue weighted by atomic mass is 32.2. The lowest BCUT2D eigenvalue weighted by atomic mass is 10.4. The van der Waals surface area contributed by atoms with Crippen molar-refractivity contribution in [3.8, 4) is 0 Å². The maximum Gasteiger partial charge on any atom is 0.347 e. The molecule has 1 aromatic heterocycles. The molecule has 1 heterocycles. The van der Waals surface area contributed by atoms with Crippen LogP contribution < -0.4 is 4.72 Å². The van der Waals surface area contributed by atoms with Gasteiger partial charge in [-0.3, -0.25) is 4.79 Å². The van der Waals surface area contributed by atoms with Gasteiger partial charge in [0.25, 0.3) is 0 Å². The van der Waals surface area contributed by atoms with E-state index < -0.39 is 22.0 Å². The first-order valence-electron chi connectivity index (χ1n) is 5.34. The van der Waals surface area contributed by atoms with Gasteiger partial charge in [-0.25, -0.2) is 17.9 Å². The van der Waals surface area contributed by atoms with Gasteiger partial charge in [-0.2, -0.15) is 0 Å². The number of thiophene rings is 1. The van der Waals surface area contributed by atoms with Crippen LogP contribution in [0.1, 0.15) is 23.0 Å². The number of carboxylic acid groups (broad SMARTS) is 1. The Balaban J connectivity index is 2.69. The fourth-order valence-corrected chi connectivity index (χ4v) is 3.55. The molecule has 0 aromatic carbocycles. The van der Waals surface area contributed by atoms with Crippen LogP contribution in [-0.2, 0) is 19.6 Å². The maximum atomic E-state index is 11.8. The van der Waals surface area contributed by atoms with Crippen LogP contribution in [-0.4, -0.2) is 38.6 Å². The highest BCUT2D eigenvalue weighted by Gasteiger charge is 2.23. The topological polar surface area (TPSA) is 110 Å². The van der Waals surface area contributed by atoms with Crippen LogP contribution in [0.3, 0.4) is 0 Å². The molecule has 2 N–H and O–H groups in total. The van der Waals surface area contributed by atoms with Crippen molar-refractivity contribution in [2.45, 2.75) is 18.2 Å². The fourth-order valence-electron chi connectivity index (χ4n) is 1.26. The van der Waals surface area contributed by atoms with Gasteiger partial charge in [0.1, 0.15) is 9.77 Å². The summed E-state index contributed by atoms with van der Waals surface area (Å²) in [5, 5.41) is 10.2.